The van der Waals surface area contributed by atoms with E-state index in [0.29, 0.717) is 18.2 Å². The number of carbonyl (C=O) groups is 2. The first-order valence-electron chi connectivity index (χ1n) is 7.06. The summed E-state index contributed by atoms with van der Waals surface area (Å²) in [5.74, 6) is -0.0742. The third-order valence-corrected chi connectivity index (χ3v) is 3.73. The number of nitrogens with one attached hydrogen (secondary N) is 2. The molecule has 6 nitrogen and oxygen atoms in total. The van der Waals surface area contributed by atoms with E-state index in [-0.39, 0.29) is 11.3 Å². The number of anilines is 1. The number of urea groups is 1. The van der Waals surface area contributed by atoms with Gasteiger partial charge in [-0.1, -0.05) is 12.8 Å². The van der Waals surface area contributed by atoms with Crippen molar-refractivity contribution in [3.05, 3.63) is 23.8 Å². The van der Waals surface area contributed by atoms with Gasteiger partial charge in [0.25, 0.3) is 0 Å². The molecule has 0 saturated heterocycles. The lowest BCUT2D eigenvalue weighted by Gasteiger charge is -2.13. The maximum Gasteiger partial charge on any atom is 0.337 e. The first kappa shape index (κ1) is 15.2. The van der Waals surface area contributed by atoms with Crippen molar-refractivity contribution in [3.63, 3.8) is 0 Å². The van der Waals surface area contributed by atoms with Gasteiger partial charge in [0.15, 0.2) is 0 Å². The van der Waals surface area contributed by atoms with Crippen LogP contribution in [0.4, 0.5) is 10.5 Å². The second-order valence-electron chi connectivity index (χ2n) is 5.20. The number of carbonyl (C=O) groups excluding carboxylic acids is 1. The lowest BCUT2D eigenvalue weighted by atomic mass is 10.1. The molecule has 1 aromatic carbocycles. The highest BCUT2D eigenvalue weighted by Gasteiger charge is 2.17. The van der Waals surface area contributed by atoms with Gasteiger partial charge in [-0.05, 0) is 30.9 Å². The molecule has 0 atom stereocenters. The summed E-state index contributed by atoms with van der Waals surface area (Å²) in [7, 11) is 1.49. The Kier molecular flexibility index (Phi) is 5.03. The maximum atomic E-state index is 11.9. The van der Waals surface area contributed by atoms with E-state index in [1.54, 1.807) is 6.07 Å². The standard InChI is InChI=1S/C15H20N2O4/c1-21-11-6-7-12(14(18)19)13(8-11)17-15(20)16-9-10-4-2-3-5-10/h6-8,10H,2-5,9H2,1H3,(H,18,19)(H2,16,17,20). The van der Waals surface area contributed by atoms with Gasteiger partial charge in [-0.15, -0.1) is 0 Å². The van der Waals surface area contributed by atoms with Crippen LogP contribution in [0.3, 0.4) is 0 Å². The number of ether oxygens (including phenoxy) is 1. The van der Waals surface area contributed by atoms with Crippen LogP contribution < -0.4 is 15.4 Å². The molecular formula is C15H20N2O4. The van der Waals surface area contributed by atoms with Gasteiger partial charge in [0, 0.05) is 12.6 Å². The van der Waals surface area contributed by atoms with Gasteiger partial charge in [0.05, 0.1) is 18.4 Å². The summed E-state index contributed by atoms with van der Waals surface area (Å²) in [5, 5.41) is 14.5. The second kappa shape index (κ2) is 6.97. The minimum Gasteiger partial charge on any atom is -0.497 e. The van der Waals surface area contributed by atoms with E-state index < -0.39 is 12.0 Å². The molecule has 2 amide bonds. The zero-order valence-corrected chi connectivity index (χ0v) is 12.0. The van der Waals surface area contributed by atoms with Crippen LogP contribution in [0.5, 0.6) is 5.75 Å². The summed E-state index contributed by atoms with van der Waals surface area (Å²) in [6, 6.07) is 4.06. The number of carboxylic acids is 1. The Bertz CT molecular complexity index is 524. The van der Waals surface area contributed by atoms with Crippen molar-refractivity contribution in [1.29, 1.82) is 0 Å². The maximum absolute atomic E-state index is 11.9. The summed E-state index contributed by atoms with van der Waals surface area (Å²) in [6.07, 6.45) is 4.71. The third-order valence-electron chi connectivity index (χ3n) is 3.73. The number of methoxy groups -OCH3 is 1. The van der Waals surface area contributed by atoms with Gasteiger partial charge in [-0.25, -0.2) is 9.59 Å². The molecule has 1 fully saturated rings. The van der Waals surface area contributed by atoms with E-state index in [9.17, 15) is 9.59 Å². The first-order chi connectivity index (χ1) is 10.1. The third kappa shape index (κ3) is 4.11. The van der Waals surface area contributed by atoms with Crippen LogP contribution in [0.1, 0.15) is 36.0 Å². The number of aromatic carboxylic acids is 1. The molecule has 3 N–H and O–H groups in total. The van der Waals surface area contributed by atoms with Crippen molar-refractivity contribution in [2.24, 2.45) is 5.92 Å². The Morgan fingerprint density at radius 1 is 1.33 bits per heavy atom. The van der Waals surface area contributed by atoms with Gasteiger partial charge in [0.1, 0.15) is 5.75 Å². The van der Waals surface area contributed by atoms with Crippen LogP contribution in [0.15, 0.2) is 18.2 Å². The van der Waals surface area contributed by atoms with E-state index >= 15 is 0 Å². The Balaban J connectivity index is 1.99. The fourth-order valence-electron chi connectivity index (χ4n) is 2.56. The minimum absolute atomic E-state index is 0.0341. The molecule has 1 aliphatic rings. The zero-order valence-electron chi connectivity index (χ0n) is 12.0. The Morgan fingerprint density at radius 3 is 2.67 bits per heavy atom. The molecule has 6 heteroatoms. The van der Waals surface area contributed by atoms with Crippen LogP contribution in [0.25, 0.3) is 0 Å². The number of amides is 2. The van der Waals surface area contributed by atoms with E-state index in [2.05, 4.69) is 10.6 Å². The average molecular weight is 292 g/mol. The highest BCUT2D eigenvalue weighted by atomic mass is 16.5. The molecule has 0 spiro atoms. The van der Waals surface area contributed by atoms with Crippen LogP contribution in [0, 0.1) is 5.92 Å². The monoisotopic (exact) mass is 292 g/mol. The van der Waals surface area contributed by atoms with Crippen LogP contribution in [0.2, 0.25) is 0 Å². The van der Waals surface area contributed by atoms with Gasteiger partial charge in [-0.2, -0.15) is 0 Å². The fraction of sp³-hybridized carbons (Fsp3) is 0.467. The number of carboxylic acid groups (broad SMARTS) is 1. The number of hydrogen-bond acceptors (Lipinski definition) is 3. The highest BCUT2D eigenvalue weighted by Crippen LogP contribution is 2.24. The Hall–Kier alpha value is -2.24. The van der Waals surface area contributed by atoms with Crippen LogP contribution in [-0.2, 0) is 0 Å². The molecule has 0 aliphatic heterocycles. The zero-order chi connectivity index (χ0) is 15.2. The summed E-state index contributed by atoms with van der Waals surface area (Å²) < 4.78 is 5.05. The Labute approximate surface area is 123 Å². The predicted molar refractivity (Wildman–Crippen MR) is 78.9 cm³/mol. The molecule has 1 aromatic rings. The molecule has 0 radical (unpaired) electrons. The molecule has 2 rings (SSSR count). The summed E-state index contributed by atoms with van der Waals surface area (Å²) in [6.45, 7) is 0.623. The van der Waals surface area contributed by atoms with Crippen molar-refractivity contribution in [3.8, 4) is 5.75 Å². The summed E-state index contributed by atoms with van der Waals surface area (Å²) >= 11 is 0. The smallest absolute Gasteiger partial charge is 0.337 e. The van der Waals surface area contributed by atoms with Gasteiger partial charge < -0.3 is 20.5 Å². The summed E-state index contributed by atoms with van der Waals surface area (Å²) in [4.78, 5) is 23.0. The van der Waals surface area contributed by atoms with Crippen molar-refractivity contribution >= 4 is 17.7 Å². The summed E-state index contributed by atoms with van der Waals surface area (Å²) in [5.41, 5.74) is 0.262. The molecule has 0 aromatic heterocycles. The molecule has 1 saturated carbocycles. The lowest BCUT2D eigenvalue weighted by molar-refractivity contribution is 0.0698. The normalized spacial score (nSPS) is 14.7. The van der Waals surface area contributed by atoms with E-state index in [1.165, 1.54) is 32.1 Å². The van der Waals surface area contributed by atoms with E-state index in [4.69, 9.17) is 9.84 Å². The molecule has 21 heavy (non-hydrogen) atoms. The topological polar surface area (TPSA) is 87.7 Å². The molecule has 0 heterocycles. The number of benzene rings is 1. The SMILES string of the molecule is COc1ccc(C(=O)O)c(NC(=O)NCC2CCCC2)c1. The molecule has 0 unspecified atom stereocenters. The van der Waals surface area contributed by atoms with Crippen molar-refractivity contribution in [2.45, 2.75) is 25.7 Å². The number of hydrogen-bond donors (Lipinski definition) is 3. The molecular weight excluding hydrogens is 272 g/mol. The van der Waals surface area contributed by atoms with Crippen LogP contribution >= 0.6 is 0 Å². The largest absolute Gasteiger partial charge is 0.497 e. The van der Waals surface area contributed by atoms with E-state index in [1.807, 2.05) is 0 Å². The second-order valence-corrected chi connectivity index (χ2v) is 5.20. The van der Waals surface area contributed by atoms with Gasteiger partial charge >= 0.3 is 12.0 Å². The van der Waals surface area contributed by atoms with E-state index in [0.717, 1.165) is 12.8 Å². The Morgan fingerprint density at radius 2 is 2.05 bits per heavy atom. The predicted octanol–water partition coefficient (Wildman–Crippen LogP) is 2.71. The minimum atomic E-state index is -1.09. The highest BCUT2D eigenvalue weighted by molar-refractivity contribution is 6.00. The molecule has 0 bridgehead atoms. The average Bonchev–Trinajstić information content (AvgIpc) is 2.98. The molecule has 114 valence electrons. The number of rotatable bonds is 5. The van der Waals surface area contributed by atoms with Crippen LogP contribution in [-0.4, -0.2) is 30.8 Å². The first-order valence-corrected chi connectivity index (χ1v) is 7.06. The van der Waals surface area contributed by atoms with Gasteiger partial charge in [0.2, 0.25) is 0 Å². The van der Waals surface area contributed by atoms with Crippen molar-refractivity contribution < 1.29 is 19.4 Å². The van der Waals surface area contributed by atoms with Gasteiger partial charge in [-0.3, -0.25) is 0 Å². The fourth-order valence-corrected chi connectivity index (χ4v) is 2.56. The lowest BCUT2D eigenvalue weighted by Crippen LogP contribution is -2.32. The van der Waals surface area contributed by atoms with Crippen molar-refractivity contribution in [2.75, 3.05) is 19.0 Å². The molecule has 1 aliphatic carbocycles. The van der Waals surface area contributed by atoms with Crippen molar-refractivity contribution in [1.82, 2.24) is 5.32 Å². The quantitative estimate of drug-likeness (QED) is 0.778.